The van der Waals surface area contributed by atoms with Crippen molar-refractivity contribution in [1.82, 2.24) is 10.8 Å². The van der Waals surface area contributed by atoms with Crippen molar-refractivity contribution in [3.63, 3.8) is 0 Å². The molecule has 0 bridgehead atoms. The van der Waals surface area contributed by atoms with Crippen molar-refractivity contribution in [2.24, 2.45) is 11.8 Å². The molecule has 2 fully saturated rings. The van der Waals surface area contributed by atoms with Crippen LogP contribution in [-0.4, -0.2) is 56.6 Å². The molecule has 1 aliphatic heterocycles. The zero-order chi connectivity index (χ0) is 25.2. The molecule has 1 unspecified atom stereocenters. The van der Waals surface area contributed by atoms with Gasteiger partial charge in [0.25, 0.3) is 5.91 Å². The normalized spacial score (nSPS) is 19.1. The van der Waals surface area contributed by atoms with E-state index < -0.39 is 6.29 Å². The number of hydrogen-bond donors (Lipinski definition) is 2. The van der Waals surface area contributed by atoms with Crippen molar-refractivity contribution in [3.8, 4) is 0 Å². The molecule has 2 N–H and O–H groups in total. The van der Waals surface area contributed by atoms with E-state index in [9.17, 15) is 9.59 Å². The lowest BCUT2D eigenvalue weighted by Crippen LogP contribution is -2.42. The molecule has 0 spiro atoms. The molecule has 2 atom stereocenters. The predicted molar refractivity (Wildman–Crippen MR) is 136 cm³/mol. The SMILES string of the molecule is CC(C)COC(C)ONC(=O)c1ccc(N2CCC(CN[C@@H](C)C(=O)OC3CCCC3)CC2)cc1. The summed E-state index contributed by atoms with van der Waals surface area (Å²) in [6.07, 6.45) is 6.06. The standard InChI is InChI=1S/C27H43N3O5/c1-19(2)18-33-21(4)35-29-26(31)23-9-11-24(12-10-23)30-15-13-22(14-16-30)17-28-20(3)27(32)34-25-7-5-6-8-25/h9-12,19-22,25,28H,5-8,13-18H2,1-4H3,(H,29,31)/t20-,21?/m0/s1. The topological polar surface area (TPSA) is 89.1 Å². The maximum atomic E-state index is 12.3. The van der Waals surface area contributed by atoms with Crippen LogP contribution in [0.1, 0.15) is 76.6 Å². The number of hydroxylamine groups is 1. The van der Waals surface area contributed by atoms with Gasteiger partial charge in [-0.25, -0.2) is 10.3 Å². The first-order chi connectivity index (χ1) is 16.8. The Balaban J connectivity index is 1.35. The fourth-order valence-electron chi connectivity index (χ4n) is 4.48. The van der Waals surface area contributed by atoms with Crippen molar-refractivity contribution in [3.05, 3.63) is 29.8 Å². The zero-order valence-electron chi connectivity index (χ0n) is 21.8. The Hall–Kier alpha value is -2.16. The molecular weight excluding hydrogens is 446 g/mol. The van der Waals surface area contributed by atoms with E-state index in [-0.39, 0.29) is 24.0 Å². The molecule has 1 heterocycles. The second-order valence-electron chi connectivity index (χ2n) is 10.3. The highest BCUT2D eigenvalue weighted by atomic mass is 16.8. The summed E-state index contributed by atoms with van der Waals surface area (Å²) in [5.41, 5.74) is 4.11. The zero-order valence-corrected chi connectivity index (χ0v) is 21.8. The Bertz CT molecular complexity index is 787. The van der Waals surface area contributed by atoms with Crippen LogP contribution in [0.4, 0.5) is 5.69 Å². The minimum absolute atomic E-state index is 0.118. The van der Waals surface area contributed by atoms with Crippen LogP contribution >= 0.6 is 0 Å². The Morgan fingerprint density at radius 1 is 1.00 bits per heavy atom. The van der Waals surface area contributed by atoms with Crippen LogP contribution < -0.4 is 15.7 Å². The van der Waals surface area contributed by atoms with E-state index in [1.165, 1.54) is 0 Å². The number of carbonyl (C=O) groups excluding carboxylic acids is 2. The summed E-state index contributed by atoms with van der Waals surface area (Å²) in [5, 5.41) is 3.38. The third kappa shape index (κ3) is 9.09. The number of nitrogens with zero attached hydrogens (tertiary/aromatic N) is 1. The van der Waals surface area contributed by atoms with Gasteiger partial charge in [0.1, 0.15) is 12.1 Å². The van der Waals surface area contributed by atoms with Gasteiger partial charge in [0.2, 0.25) is 0 Å². The van der Waals surface area contributed by atoms with Gasteiger partial charge in [0, 0.05) is 24.3 Å². The van der Waals surface area contributed by atoms with Gasteiger partial charge in [-0.3, -0.25) is 9.59 Å². The average Bonchev–Trinajstić information content (AvgIpc) is 3.38. The van der Waals surface area contributed by atoms with E-state index in [0.717, 1.165) is 63.8 Å². The maximum absolute atomic E-state index is 12.3. The van der Waals surface area contributed by atoms with Crippen LogP contribution in [0.3, 0.4) is 0 Å². The molecule has 8 nitrogen and oxygen atoms in total. The second kappa shape index (κ2) is 13.8. The second-order valence-corrected chi connectivity index (χ2v) is 10.3. The highest BCUT2D eigenvalue weighted by Gasteiger charge is 2.25. The van der Waals surface area contributed by atoms with Crippen LogP contribution in [0.5, 0.6) is 0 Å². The van der Waals surface area contributed by atoms with Gasteiger partial charge < -0.3 is 19.7 Å². The lowest BCUT2D eigenvalue weighted by atomic mass is 9.96. The Kier molecular flexibility index (Phi) is 10.8. The summed E-state index contributed by atoms with van der Waals surface area (Å²) in [5.74, 6) is 0.526. The van der Waals surface area contributed by atoms with E-state index in [1.54, 1.807) is 6.92 Å². The molecule has 3 rings (SSSR count). The quantitative estimate of drug-likeness (QED) is 0.260. The number of anilines is 1. The molecule has 196 valence electrons. The van der Waals surface area contributed by atoms with Gasteiger partial charge in [0.15, 0.2) is 6.29 Å². The fourth-order valence-corrected chi connectivity index (χ4v) is 4.48. The largest absolute Gasteiger partial charge is 0.461 e. The summed E-state index contributed by atoms with van der Waals surface area (Å²) in [4.78, 5) is 32.2. The van der Waals surface area contributed by atoms with E-state index in [1.807, 2.05) is 31.2 Å². The van der Waals surface area contributed by atoms with Crippen LogP contribution in [0.15, 0.2) is 24.3 Å². The molecule has 2 aliphatic rings. The van der Waals surface area contributed by atoms with Gasteiger partial charge in [0.05, 0.1) is 6.61 Å². The molecule has 1 aromatic rings. The molecule has 1 amide bonds. The number of amides is 1. The first-order valence-electron chi connectivity index (χ1n) is 13.2. The lowest BCUT2D eigenvalue weighted by molar-refractivity contribution is -0.163. The van der Waals surface area contributed by atoms with Crippen LogP contribution in [-0.2, 0) is 19.1 Å². The van der Waals surface area contributed by atoms with Crippen molar-refractivity contribution in [2.75, 3.05) is 31.1 Å². The molecule has 0 radical (unpaired) electrons. The Labute approximate surface area is 210 Å². The van der Waals surface area contributed by atoms with E-state index in [0.29, 0.717) is 24.0 Å². The number of hydrogen-bond acceptors (Lipinski definition) is 7. The summed E-state index contributed by atoms with van der Waals surface area (Å²) in [6.45, 7) is 11.1. The van der Waals surface area contributed by atoms with Gasteiger partial charge in [-0.1, -0.05) is 13.8 Å². The first kappa shape index (κ1) is 27.4. The van der Waals surface area contributed by atoms with Crippen molar-refractivity contribution in [2.45, 2.75) is 84.7 Å². The molecule has 35 heavy (non-hydrogen) atoms. The number of piperidine rings is 1. The third-order valence-corrected chi connectivity index (χ3v) is 6.74. The molecule has 1 saturated carbocycles. The predicted octanol–water partition coefficient (Wildman–Crippen LogP) is 4.05. The van der Waals surface area contributed by atoms with Gasteiger partial charge in [-0.05, 0) is 95.0 Å². The van der Waals surface area contributed by atoms with E-state index in [2.05, 4.69) is 29.5 Å². The van der Waals surface area contributed by atoms with Crippen LogP contribution in [0.25, 0.3) is 0 Å². The van der Waals surface area contributed by atoms with E-state index in [4.69, 9.17) is 14.3 Å². The highest BCUT2D eigenvalue weighted by Crippen LogP contribution is 2.24. The van der Waals surface area contributed by atoms with Crippen molar-refractivity contribution < 1.29 is 23.9 Å². The smallest absolute Gasteiger partial charge is 0.323 e. The minimum Gasteiger partial charge on any atom is -0.461 e. The van der Waals surface area contributed by atoms with Gasteiger partial charge in [-0.15, -0.1) is 0 Å². The summed E-state index contributed by atoms with van der Waals surface area (Å²) in [6, 6.07) is 7.33. The number of carbonyl (C=O) groups is 2. The maximum Gasteiger partial charge on any atom is 0.323 e. The first-order valence-corrected chi connectivity index (χ1v) is 13.2. The summed E-state index contributed by atoms with van der Waals surface area (Å²) in [7, 11) is 0. The number of esters is 1. The van der Waals surface area contributed by atoms with Gasteiger partial charge in [-0.2, -0.15) is 0 Å². The van der Waals surface area contributed by atoms with Crippen LogP contribution in [0.2, 0.25) is 0 Å². The van der Waals surface area contributed by atoms with Crippen molar-refractivity contribution in [1.29, 1.82) is 0 Å². The molecule has 1 aromatic carbocycles. The number of ether oxygens (including phenoxy) is 2. The summed E-state index contributed by atoms with van der Waals surface area (Å²) >= 11 is 0. The lowest BCUT2D eigenvalue weighted by Gasteiger charge is -2.34. The minimum atomic E-state index is -0.502. The Morgan fingerprint density at radius 2 is 1.66 bits per heavy atom. The third-order valence-electron chi connectivity index (χ3n) is 6.74. The van der Waals surface area contributed by atoms with E-state index >= 15 is 0 Å². The molecule has 1 saturated heterocycles. The average molecular weight is 490 g/mol. The molecule has 0 aromatic heterocycles. The monoisotopic (exact) mass is 489 g/mol. The van der Waals surface area contributed by atoms with Crippen LogP contribution in [0, 0.1) is 11.8 Å². The number of rotatable bonds is 12. The highest BCUT2D eigenvalue weighted by molar-refractivity contribution is 5.93. The van der Waals surface area contributed by atoms with Crippen molar-refractivity contribution >= 4 is 17.6 Å². The number of benzene rings is 1. The fraction of sp³-hybridized carbons (Fsp3) is 0.704. The number of nitrogens with one attached hydrogen (secondary N) is 2. The molecular formula is C27H43N3O5. The Morgan fingerprint density at radius 3 is 2.29 bits per heavy atom. The summed E-state index contributed by atoms with van der Waals surface area (Å²) < 4.78 is 11.1. The molecule has 8 heteroatoms. The van der Waals surface area contributed by atoms with Gasteiger partial charge >= 0.3 is 5.97 Å². The molecule has 1 aliphatic carbocycles.